The Labute approximate surface area is 201 Å². The number of hydrogen-bond acceptors (Lipinski definition) is 10. The molecule has 0 atom stereocenters. The second kappa shape index (κ2) is 11.5. The molecule has 0 radical (unpaired) electrons. The Bertz CT molecular complexity index is 1300. The number of carbonyl (C=O) groups is 1. The molecule has 186 valence electrons. The Hall–Kier alpha value is -3.93. The third-order valence-electron chi connectivity index (χ3n) is 4.33. The molecule has 0 aliphatic carbocycles. The average molecular weight is 507 g/mol. The summed E-state index contributed by atoms with van der Waals surface area (Å²) in [6.07, 6.45) is 1.58. The molecule has 0 saturated carbocycles. The number of carbonyl (C=O) groups excluding carboxylic acids is 1. The van der Waals surface area contributed by atoms with Gasteiger partial charge in [0.05, 0.1) is 18.9 Å². The van der Waals surface area contributed by atoms with Crippen molar-refractivity contribution in [3.8, 4) is 22.8 Å². The standard InChI is InChI=1S/C23H23FN2O8S/c1-4-9-32-25-21(22-13-20(26-33-22)15-5-7-17(24)8-6-15)14-31-18-10-16(23(27)30-2)11-19(12-18)34-35(3,28)29/h5-8,10-13H,4,9,14H2,1-3H3/b25-21+. The highest BCUT2D eigenvalue weighted by molar-refractivity contribution is 7.86. The van der Waals surface area contributed by atoms with Crippen LogP contribution < -0.4 is 8.92 Å². The molecule has 1 aromatic heterocycles. The molecular formula is C23H23FN2O8S. The van der Waals surface area contributed by atoms with E-state index in [0.29, 0.717) is 24.3 Å². The van der Waals surface area contributed by atoms with E-state index in [4.69, 9.17) is 23.0 Å². The second-order valence-corrected chi connectivity index (χ2v) is 8.79. The SMILES string of the molecule is CCCO/N=C(\COc1cc(OS(C)(=O)=O)cc(C(=O)OC)c1)c1cc(-c2ccc(F)cc2)no1. The van der Waals surface area contributed by atoms with Crippen molar-refractivity contribution in [3.63, 3.8) is 0 Å². The van der Waals surface area contributed by atoms with Crippen LogP contribution >= 0.6 is 0 Å². The number of ether oxygens (including phenoxy) is 2. The van der Waals surface area contributed by atoms with Crippen LogP contribution in [0.3, 0.4) is 0 Å². The van der Waals surface area contributed by atoms with Gasteiger partial charge in [-0.2, -0.15) is 8.42 Å². The van der Waals surface area contributed by atoms with E-state index >= 15 is 0 Å². The number of nitrogens with zero attached hydrogens (tertiary/aromatic N) is 2. The van der Waals surface area contributed by atoms with Gasteiger partial charge >= 0.3 is 16.1 Å². The zero-order chi connectivity index (χ0) is 25.4. The molecule has 0 saturated heterocycles. The van der Waals surface area contributed by atoms with E-state index < -0.39 is 16.1 Å². The van der Waals surface area contributed by atoms with E-state index in [1.54, 1.807) is 18.2 Å². The van der Waals surface area contributed by atoms with Gasteiger partial charge in [0.15, 0.2) is 11.5 Å². The van der Waals surface area contributed by atoms with Gasteiger partial charge in [0, 0.05) is 17.7 Å². The van der Waals surface area contributed by atoms with Crippen LogP contribution in [-0.2, 0) is 19.7 Å². The monoisotopic (exact) mass is 506 g/mol. The van der Waals surface area contributed by atoms with Crippen LogP contribution in [0.4, 0.5) is 4.39 Å². The van der Waals surface area contributed by atoms with E-state index in [-0.39, 0.29) is 41.0 Å². The van der Waals surface area contributed by atoms with Crippen LogP contribution in [0.2, 0.25) is 0 Å². The lowest BCUT2D eigenvalue weighted by molar-refractivity contribution is 0.0600. The Morgan fingerprint density at radius 2 is 1.83 bits per heavy atom. The van der Waals surface area contributed by atoms with Crippen molar-refractivity contribution < 1.29 is 40.6 Å². The molecule has 10 nitrogen and oxygen atoms in total. The zero-order valence-electron chi connectivity index (χ0n) is 19.2. The van der Waals surface area contributed by atoms with Crippen LogP contribution in [0.1, 0.15) is 29.5 Å². The third-order valence-corrected chi connectivity index (χ3v) is 4.82. The minimum atomic E-state index is -3.86. The van der Waals surface area contributed by atoms with Crippen molar-refractivity contribution in [2.75, 3.05) is 26.6 Å². The van der Waals surface area contributed by atoms with Crippen molar-refractivity contribution in [1.82, 2.24) is 5.16 Å². The number of oxime groups is 1. The first-order valence-electron chi connectivity index (χ1n) is 10.4. The van der Waals surface area contributed by atoms with Crippen molar-refractivity contribution in [3.05, 3.63) is 65.7 Å². The minimum Gasteiger partial charge on any atom is -0.487 e. The maximum atomic E-state index is 13.2. The van der Waals surface area contributed by atoms with E-state index in [1.807, 2.05) is 6.92 Å². The lowest BCUT2D eigenvalue weighted by atomic mass is 10.1. The number of halogens is 1. The zero-order valence-corrected chi connectivity index (χ0v) is 20.0. The van der Waals surface area contributed by atoms with Gasteiger partial charge in [-0.15, -0.1) is 0 Å². The largest absolute Gasteiger partial charge is 0.487 e. The molecule has 0 amide bonds. The molecule has 0 spiro atoms. The summed E-state index contributed by atoms with van der Waals surface area (Å²) in [5.74, 6) is -0.891. The van der Waals surface area contributed by atoms with Crippen LogP contribution in [0.5, 0.6) is 11.5 Å². The molecule has 3 aromatic rings. The first kappa shape index (κ1) is 25.7. The normalized spacial score (nSPS) is 11.7. The molecule has 0 N–H and O–H groups in total. The molecular weight excluding hydrogens is 483 g/mol. The lowest BCUT2D eigenvalue weighted by Gasteiger charge is -2.11. The molecule has 12 heteroatoms. The third kappa shape index (κ3) is 7.54. The number of aromatic nitrogens is 1. The van der Waals surface area contributed by atoms with Gasteiger partial charge < -0.3 is 23.0 Å². The number of hydrogen-bond donors (Lipinski definition) is 0. The fourth-order valence-corrected chi connectivity index (χ4v) is 3.24. The van der Waals surface area contributed by atoms with Crippen LogP contribution in [-0.4, -0.2) is 51.8 Å². The van der Waals surface area contributed by atoms with Gasteiger partial charge in [-0.05, 0) is 42.8 Å². The molecule has 0 unspecified atom stereocenters. The number of benzene rings is 2. The molecule has 2 aromatic carbocycles. The van der Waals surface area contributed by atoms with Crippen molar-refractivity contribution in [2.45, 2.75) is 13.3 Å². The Morgan fingerprint density at radius 1 is 1.11 bits per heavy atom. The van der Waals surface area contributed by atoms with Crippen molar-refractivity contribution in [2.24, 2.45) is 5.16 Å². The summed E-state index contributed by atoms with van der Waals surface area (Å²) in [5.41, 5.74) is 1.32. The van der Waals surface area contributed by atoms with E-state index in [1.165, 1.54) is 37.4 Å². The maximum absolute atomic E-state index is 13.2. The summed E-state index contributed by atoms with van der Waals surface area (Å²) in [6, 6.07) is 11.2. The van der Waals surface area contributed by atoms with Gasteiger partial charge in [0.25, 0.3) is 0 Å². The summed E-state index contributed by atoms with van der Waals surface area (Å²) < 4.78 is 57.0. The summed E-state index contributed by atoms with van der Waals surface area (Å²) in [7, 11) is -2.67. The van der Waals surface area contributed by atoms with Gasteiger partial charge in [-0.3, -0.25) is 0 Å². The van der Waals surface area contributed by atoms with Crippen LogP contribution in [0.15, 0.2) is 58.2 Å². The lowest BCUT2D eigenvalue weighted by Crippen LogP contribution is -2.14. The summed E-state index contributed by atoms with van der Waals surface area (Å²) >= 11 is 0. The van der Waals surface area contributed by atoms with Gasteiger partial charge in [-0.1, -0.05) is 17.2 Å². The highest BCUT2D eigenvalue weighted by Crippen LogP contribution is 2.25. The van der Waals surface area contributed by atoms with E-state index in [9.17, 15) is 17.6 Å². The molecule has 0 bridgehead atoms. The van der Waals surface area contributed by atoms with Crippen LogP contribution in [0.25, 0.3) is 11.3 Å². The second-order valence-electron chi connectivity index (χ2n) is 7.22. The van der Waals surface area contributed by atoms with Crippen LogP contribution in [0, 0.1) is 5.82 Å². The average Bonchev–Trinajstić information content (AvgIpc) is 3.30. The molecule has 0 fully saturated rings. The number of esters is 1. The molecule has 1 heterocycles. The Balaban J connectivity index is 1.87. The summed E-state index contributed by atoms with van der Waals surface area (Å²) in [6.45, 7) is 2.06. The van der Waals surface area contributed by atoms with E-state index in [0.717, 1.165) is 6.26 Å². The first-order chi connectivity index (χ1) is 16.7. The number of methoxy groups -OCH3 is 1. The highest BCUT2D eigenvalue weighted by atomic mass is 32.2. The Kier molecular flexibility index (Phi) is 8.42. The van der Waals surface area contributed by atoms with Crippen molar-refractivity contribution >= 4 is 21.8 Å². The predicted molar refractivity (Wildman–Crippen MR) is 123 cm³/mol. The maximum Gasteiger partial charge on any atom is 0.338 e. The minimum absolute atomic E-state index is 0.0163. The molecule has 35 heavy (non-hydrogen) atoms. The summed E-state index contributed by atoms with van der Waals surface area (Å²) in [4.78, 5) is 17.3. The molecule has 0 aliphatic rings. The number of rotatable bonds is 11. The van der Waals surface area contributed by atoms with Gasteiger partial charge in [0.1, 0.15) is 36.2 Å². The predicted octanol–water partition coefficient (Wildman–Crippen LogP) is 3.82. The Morgan fingerprint density at radius 3 is 2.49 bits per heavy atom. The van der Waals surface area contributed by atoms with Gasteiger partial charge in [0.2, 0.25) is 0 Å². The summed E-state index contributed by atoms with van der Waals surface area (Å²) in [5, 5.41) is 8.04. The quantitative estimate of drug-likeness (QED) is 0.125. The smallest absolute Gasteiger partial charge is 0.338 e. The highest BCUT2D eigenvalue weighted by Gasteiger charge is 2.17. The molecule has 3 rings (SSSR count). The topological polar surface area (TPSA) is 127 Å². The first-order valence-corrected chi connectivity index (χ1v) is 12.2. The van der Waals surface area contributed by atoms with E-state index in [2.05, 4.69) is 10.3 Å². The fourth-order valence-electron chi connectivity index (χ4n) is 2.79. The fraction of sp³-hybridized carbons (Fsp3) is 0.261. The molecule has 0 aliphatic heterocycles. The van der Waals surface area contributed by atoms with Gasteiger partial charge in [-0.25, -0.2) is 9.18 Å². The van der Waals surface area contributed by atoms with Crippen molar-refractivity contribution in [1.29, 1.82) is 0 Å².